The van der Waals surface area contributed by atoms with Crippen LogP contribution in [-0.4, -0.2) is 35.9 Å². The van der Waals surface area contributed by atoms with E-state index in [9.17, 15) is 18.8 Å². The van der Waals surface area contributed by atoms with Gasteiger partial charge in [-0.15, -0.1) is 0 Å². The Morgan fingerprint density at radius 2 is 1.89 bits per heavy atom. The van der Waals surface area contributed by atoms with Crippen LogP contribution in [0.15, 0.2) is 42.5 Å². The van der Waals surface area contributed by atoms with Gasteiger partial charge in [-0.3, -0.25) is 4.79 Å². The number of carbonyl (C=O) groups is 3. The van der Waals surface area contributed by atoms with Crippen LogP contribution in [0.4, 0.5) is 14.9 Å². The van der Waals surface area contributed by atoms with Crippen molar-refractivity contribution in [3.8, 4) is 0 Å². The topological polar surface area (TPSA) is 95.5 Å². The van der Waals surface area contributed by atoms with Gasteiger partial charge in [0.25, 0.3) is 0 Å². The van der Waals surface area contributed by atoms with Crippen LogP contribution in [0.1, 0.15) is 28.4 Å². The van der Waals surface area contributed by atoms with Crippen LogP contribution in [-0.2, 0) is 4.79 Å². The van der Waals surface area contributed by atoms with Gasteiger partial charge in [-0.05, 0) is 31.2 Å². The summed E-state index contributed by atoms with van der Waals surface area (Å²) < 4.78 is 14.0. The summed E-state index contributed by atoms with van der Waals surface area (Å²) in [5, 5.41) is 14.2. The minimum atomic E-state index is -1.25. The van der Waals surface area contributed by atoms with Crippen LogP contribution in [0.2, 0.25) is 0 Å². The highest BCUT2D eigenvalue weighted by Gasteiger charge is 2.21. The molecule has 2 aromatic carbocycles. The van der Waals surface area contributed by atoms with Crippen LogP contribution in [0.3, 0.4) is 0 Å². The van der Waals surface area contributed by atoms with Gasteiger partial charge in [0.15, 0.2) is 5.78 Å². The summed E-state index contributed by atoms with van der Waals surface area (Å²) in [6.07, 6.45) is -0.592. The molecule has 2 aromatic rings. The molecular weight excluding hydrogens is 351 g/mol. The number of anilines is 1. The third-order valence-corrected chi connectivity index (χ3v) is 4.21. The van der Waals surface area contributed by atoms with Crippen molar-refractivity contribution in [2.45, 2.75) is 19.9 Å². The quantitative estimate of drug-likeness (QED) is 0.488. The second kappa shape index (κ2) is 8.93. The summed E-state index contributed by atoms with van der Waals surface area (Å²) in [4.78, 5) is 34.8. The molecule has 0 aromatic heterocycles. The van der Waals surface area contributed by atoms with Gasteiger partial charge < -0.3 is 20.5 Å². The maximum atomic E-state index is 14.0. The molecule has 7 heteroatoms. The lowest BCUT2D eigenvalue weighted by Crippen LogP contribution is -2.44. The van der Waals surface area contributed by atoms with Gasteiger partial charge in [0, 0.05) is 23.7 Å². The molecule has 0 spiro atoms. The van der Waals surface area contributed by atoms with Crippen molar-refractivity contribution in [2.75, 3.05) is 11.9 Å². The Kier molecular flexibility index (Phi) is 6.65. The number of aryl methyl sites for hydroxylation is 1. The fraction of sp³-hybridized carbons (Fsp3) is 0.250. The average Bonchev–Trinajstić information content (AvgIpc) is 2.64. The van der Waals surface area contributed by atoms with E-state index in [1.807, 2.05) is 6.92 Å². The number of carboxylic acid groups (broad SMARTS) is 1. The highest BCUT2D eigenvalue weighted by Crippen LogP contribution is 2.23. The maximum absolute atomic E-state index is 14.0. The first-order valence-corrected chi connectivity index (χ1v) is 8.42. The molecule has 0 saturated heterocycles. The zero-order valence-corrected chi connectivity index (χ0v) is 15.0. The third-order valence-electron chi connectivity index (χ3n) is 4.21. The summed E-state index contributed by atoms with van der Waals surface area (Å²) in [5.41, 5.74) is 1.48. The molecule has 3 N–H and O–H groups in total. The minimum absolute atomic E-state index is 0.0485. The largest absolute Gasteiger partial charge is 0.465 e. The molecule has 6 nitrogen and oxygen atoms in total. The number of halogens is 1. The Morgan fingerprint density at radius 3 is 2.52 bits per heavy atom. The first kappa shape index (κ1) is 20.1. The molecule has 0 bridgehead atoms. The molecule has 0 radical (unpaired) electrons. The standard InChI is InChI=1S/C20H21FN2O4/c1-12-7-8-17(22-10-18(13(2)11-24)23-20(26)27)15(9-12)19(25)14-5-3-4-6-16(14)21/h3-9,11,13,18,22-23H,10H2,1-2H3,(H,26,27)/t13-,18?/m1/s1. The van der Waals surface area contributed by atoms with Crippen LogP contribution in [0.5, 0.6) is 0 Å². The Morgan fingerprint density at radius 1 is 1.19 bits per heavy atom. The molecule has 142 valence electrons. The second-order valence-electron chi connectivity index (χ2n) is 6.29. The summed E-state index contributed by atoms with van der Waals surface area (Å²) in [6.45, 7) is 3.49. The van der Waals surface area contributed by atoms with Crippen molar-refractivity contribution in [3.05, 3.63) is 65.0 Å². The first-order valence-electron chi connectivity index (χ1n) is 8.42. The van der Waals surface area contributed by atoms with Crippen LogP contribution < -0.4 is 10.6 Å². The number of rotatable bonds is 8. The van der Waals surface area contributed by atoms with E-state index in [2.05, 4.69) is 10.6 Å². The van der Waals surface area contributed by atoms with Crippen molar-refractivity contribution in [2.24, 2.45) is 5.92 Å². The van der Waals surface area contributed by atoms with Crippen LogP contribution in [0, 0.1) is 18.7 Å². The number of amides is 1. The van der Waals surface area contributed by atoms with Gasteiger partial charge in [0.1, 0.15) is 12.1 Å². The van der Waals surface area contributed by atoms with Gasteiger partial charge in [-0.1, -0.05) is 30.7 Å². The third kappa shape index (κ3) is 5.13. The molecule has 1 amide bonds. The van der Waals surface area contributed by atoms with Crippen molar-refractivity contribution in [3.63, 3.8) is 0 Å². The minimum Gasteiger partial charge on any atom is -0.465 e. The molecule has 0 saturated carbocycles. The molecular formula is C20H21FN2O4. The van der Waals surface area contributed by atoms with E-state index in [-0.39, 0.29) is 17.7 Å². The van der Waals surface area contributed by atoms with Crippen molar-refractivity contribution in [1.29, 1.82) is 0 Å². The van der Waals surface area contributed by atoms with Crippen molar-refractivity contribution >= 4 is 23.9 Å². The number of nitrogens with one attached hydrogen (secondary N) is 2. The molecule has 0 aliphatic carbocycles. The average molecular weight is 372 g/mol. The molecule has 0 heterocycles. The number of hydrogen-bond acceptors (Lipinski definition) is 4. The normalized spacial score (nSPS) is 12.7. The fourth-order valence-corrected chi connectivity index (χ4v) is 2.63. The summed E-state index contributed by atoms with van der Waals surface area (Å²) in [7, 11) is 0. The molecule has 27 heavy (non-hydrogen) atoms. The fourth-order valence-electron chi connectivity index (χ4n) is 2.63. The van der Waals surface area contributed by atoms with Gasteiger partial charge in [-0.25, -0.2) is 9.18 Å². The monoisotopic (exact) mass is 372 g/mol. The van der Waals surface area contributed by atoms with Crippen molar-refractivity contribution in [1.82, 2.24) is 5.32 Å². The highest BCUT2D eigenvalue weighted by molar-refractivity contribution is 6.12. The molecule has 0 aliphatic heterocycles. The van der Waals surface area contributed by atoms with E-state index < -0.39 is 29.7 Å². The molecule has 2 rings (SSSR count). The summed E-state index contributed by atoms with van der Waals surface area (Å²) >= 11 is 0. The van der Waals surface area contributed by atoms with E-state index in [1.54, 1.807) is 31.2 Å². The van der Waals surface area contributed by atoms with E-state index in [4.69, 9.17) is 5.11 Å². The zero-order valence-electron chi connectivity index (χ0n) is 15.0. The van der Waals surface area contributed by atoms with Crippen LogP contribution in [0.25, 0.3) is 0 Å². The Bertz CT molecular complexity index is 854. The molecule has 0 fully saturated rings. The van der Waals surface area contributed by atoms with Crippen LogP contribution >= 0.6 is 0 Å². The predicted molar refractivity (Wildman–Crippen MR) is 99.7 cm³/mol. The predicted octanol–water partition coefficient (Wildman–Crippen LogP) is 3.25. The Labute approximate surface area is 156 Å². The van der Waals surface area contributed by atoms with Gasteiger partial charge >= 0.3 is 6.09 Å². The lowest BCUT2D eigenvalue weighted by Gasteiger charge is -2.22. The zero-order chi connectivity index (χ0) is 20.0. The number of ketones is 1. The molecule has 2 atom stereocenters. The molecule has 1 unspecified atom stereocenters. The van der Waals surface area contributed by atoms with E-state index in [0.29, 0.717) is 12.0 Å². The number of hydrogen-bond donors (Lipinski definition) is 3. The van der Waals surface area contributed by atoms with Crippen molar-refractivity contribution < 1.29 is 23.9 Å². The lowest BCUT2D eigenvalue weighted by atomic mass is 9.98. The van der Waals surface area contributed by atoms with E-state index in [1.165, 1.54) is 18.2 Å². The van der Waals surface area contributed by atoms with Gasteiger partial charge in [0.2, 0.25) is 0 Å². The summed E-state index contributed by atoms with van der Waals surface area (Å²) in [5.74, 6) is -1.66. The van der Waals surface area contributed by atoms with E-state index in [0.717, 1.165) is 5.56 Å². The smallest absolute Gasteiger partial charge is 0.404 e. The maximum Gasteiger partial charge on any atom is 0.404 e. The SMILES string of the molecule is Cc1ccc(NCC(NC(=O)O)[C@H](C)C=O)c(C(=O)c2ccccc2F)c1. The number of aldehydes is 1. The number of benzene rings is 2. The van der Waals surface area contributed by atoms with Gasteiger partial charge in [0.05, 0.1) is 11.6 Å². The molecule has 0 aliphatic rings. The number of carbonyl (C=O) groups excluding carboxylic acids is 2. The lowest BCUT2D eigenvalue weighted by molar-refractivity contribution is -0.111. The highest BCUT2D eigenvalue weighted by atomic mass is 19.1. The Hall–Kier alpha value is -3.22. The van der Waals surface area contributed by atoms with E-state index >= 15 is 0 Å². The summed E-state index contributed by atoms with van der Waals surface area (Å²) in [6, 6.07) is 10.1. The second-order valence-corrected chi connectivity index (χ2v) is 6.29. The first-order chi connectivity index (χ1) is 12.8. The van der Waals surface area contributed by atoms with Gasteiger partial charge in [-0.2, -0.15) is 0 Å². The Balaban J connectivity index is 2.30.